The molecule has 0 heterocycles. The number of hydrogen-bond donors (Lipinski definition) is 1. The molecule has 0 saturated carbocycles. The summed E-state index contributed by atoms with van der Waals surface area (Å²) >= 11 is 0. The first-order valence-electron chi connectivity index (χ1n) is 16.8. The van der Waals surface area contributed by atoms with Gasteiger partial charge in [0.25, 0.3) is 0 Å². The van der Waals surface area contributed by atoms with Gasteiger partial charge in [-0.3, -0.25) is 0 Å². The highest BCUT2D eigenvalue weighted by molar-refractivity contribution is 5.79. The SMILES string of the molecule is CCCCCCCCCCOc1ccc(-c2ccc(-c3cc(OON)c(OC(C)CCCCCC)c(C)c3OC)cc2)cc1. The number of nitrogens with two attached hydrogens (primary N) is 1. The number of benzene rings is 3. The fraction of sp³-hybridized carbons (Fsp3) is 0.526. The van der Waals surface area contributed by atoms with Gasteiger partial charge in [0, 0.05) is 11.1 Å². The predicted molar refractivity (Wildman–Crippen MR) is 181 cm³/mol. The molecule has 1 atom stereocenters. The van der Waals surface area contributed by atoms with E-state index in [0.29, 0.717) is 11.5 Å². The van der Waals surface area contributed by atoms with Crippen molar-refractivity contribution in [3.63, 3.8) is 0 Å². The molecule has 3 aromatic rings. The number of rotatable bonds is 22. The summed E-state index contributed by atoms with van der Waals surface area (Å²) in [5, 5.41) is 0. The summed E-state index contributed by atoms with van der Waals surface area (Å²) in [7, 11) is 1.68. The van der Waals surface area contributed by atoms with Crippen LogP contribution in [-0.2, 0) is 4.99 Å². The molecular formula is C38H55NO5. The average Bonchev–Trinajstić information content (AvgIpc) is 3.04. The number of unbranched alkanes of at least 4 members (excludes halogenated alkanes) is 10. The molecule has 0 saturated heterocycles. The summed E-state index contributed by atoms with van der Waals surface area (Å²) in [6, 6.07) is 18.6. The lowest BCUT2D eigenvalue weighted by Crippen LogP contribution is -2.14. The normalized spacial score (nSPS) is 11.8. The molecule has 0 bridgehead atoms. The first kappa shape index (κ1) is 35.3. The van der Waals surface area contributed by atoms with Crippen molar-refractivity contribution in [2.45, 2.75) is 117 Å². The molecule has 0 aromatic heterocycles. The molecule has 0 aliphatic carbocycles. The van der Waals surface area contributed by atoms with Crippen molar-refractivity contribution in [2.24, 2.45) is 5.90 Å². The Balaban J connectivity index is 1.64. The maximum atomic E-state index is 6.34. The topological polar surface area (TPSA) is 72.2 Å². The van der Waals surface area contributed by atoms with Gasteiger partial charge in [-0.2, -0.15) is 5.90 Å². The van der Waals surface area contributed by atoms with Gasteiger partial charge in [0.05, 0.1) is 19.8 Å². The minimum atomic E-state index is 0.0161. The first-order chi connectivity index (χ1) is 21.5. The maximum absolute atomic E-state index is 6.34. The summed E-state index contributed by atoms with van der Waals surface area (Å²) in [5.74, 6) is 7.98. The monoisotopic (exact) mass is 605 g/mol. The first-order valence-corrected chi connectivity index (χ1v) is 16.8. The van der Waals surface area contributed by atoms with Crippen LogP contribution in [0, 0.1) is 6.92 Å². The van der Waals surface area contributed by atoms with Crippen LogP contribution in [-0.4, -0.2) is 19.8 Å². The van der Waals surface area contributed by atoms with E-state index in [1.165, 1.54) is 64.2 Å². The van der Waals surface area contributed by atoms with Crippen molar-refractivity contribution in [1.29, 1.82) is 0 Å². The highest BCUT2D eigenvalue weighted by atomic mass is 17.3. The van der Waals surface area contributed by atoms with Crippen molar-refractivity contribution in [3.8, 4) is 45.3 Å². The van der Waals surface area contributed by atoms with Crippen LogP contribution in [0.25, 0.3) is 22.3 Å². The second-order valence-electron chi connectivity index (χ2n) is 11.8. The molecule has 2 N–H and O–H groups in total. The summed E-state index contributed by atoms with van der Waals surface area (Å²) in [6.07, 6.45) is 16.1. The number of ether oxygens (including phenoxy) is 3. The molecule has 3 aromatic carbocycles. The second-order valence-corrected chi connectivity index (χ2v) is 11.8. The summed E-state index contributed by atoms with van der Waals surface area (Å²) in [5.41, 5.74) is 4.95. The van der Waals surface area contributed by atoms with Crippen LogP contribution in [0.15, 0.2) is 54.6 Å². The minimum absolute atomic E-state index is 0.0161. The van der Waals surface area contributed by atoms with E-state index < -0.39 is 0 Å². The lowest BCUT2D eigenvalue weighted by Gasteiger charge is -2.22. The molecule has 0 radical (unpaired) electrons. The maximum Gasteiger partial charge on any atom is 0.210 e. The van der Waals surface area contributed by atoms with Crippen molar-refractivity contribution in [1.82, 2.24) is 0 Å². The zero-order valence-corrected chi connectivity index (χ0v) is 27.8. The van der Waals surface area contributed by atoms with Crippen LogP contribution in [0.3, 0.4) is 0 Å². The molecule has 6 heteroatoms. The molecule has 1 unspecified atom stereocenters. The molecule has 0 spiro atoms. The highest BCUT2D eigenvalue weighted by Gasteiger charge is 2.22. The highest BCUT2D eigenvalue weighted by Crippen LogP contribution is 2.45. The third-order valence-electron chi connectivity index (χ3n) is 8.20. The molecule has 0 amide bonds. The quantitative estimate of drug-likeness (QED) is 0.0698. The van der Waals surface area contributed by atoms with Gasteiger partial charge >= 0.3 is 0 Å². The smallest absolute Gasteiger partial charge is 0.210 e. The Morgan fingerprint density at radius 1 is 0.682 bits per heavy atom. The number of hydrogen-bond acceptors (Lipinski definition) is 6. The van der Waals surface area contributed by atoms with Crippen LogP contribution in [0.5, 0.6) is 23.0 Å². The van der Waals surface area contributed by atoms with Crippen molar-refractivity contribution >= 4 is 0 Å². The zero-order valence-electron chi connectivity index (χ0n) is 27.8. The number of methoxy groups -OCH3 is 1. The third-order valence-corrected chi connectivity index (χ3v) is 8.20. The van der Waals surface area contributed by atoms with E-state index >= 15 is 0 Å². The van der Waals surface area contributed by atoms with E-state index in [9.17, 15) is 0 Å². The van der Waals surface area contributed by atoms with Gasteiger partial charge in [0.2, 0.25) is 5.75 Å². The van der Waals surface area contributed by atoms with E-state index in [0.717, 1.165) is 65.2 Å². The van der Waals surface area contributed by atoms with Crippen LogP contribution in [0.2, 0.25) is 0 Å². The van der Waals surface area contributed by atoms with Crippen LogP contribution >= 0.6 is 0 Å². The summed E-state index contributed by atoms with van der Waals surface area (Å²) < 4.78 is 18.2. The van der Waals surface area contributed by atoms with Gasteiger partial charge in [-0.1, -0.05) is 119 Å². The van der Waals surface area contributed by atoms with E-state index in [1.54, 1.807) is 7.11 Å². The zero-order chi connectivity index (χ0) is 31.6. The fourth-order valence-electron chi connectivity index (χ4n) is 5.62. The fourth-order valence-corrected chi connectivity index (χ4v) is 5.62. The van der Waals surface area contributed by atoms with Crippen molar-refractivity contribution in [3.05, 3.63) is 60.2 Å². The summed E-state index contributed by atoms with van der Waals surface area (Å²) in [6.45, 7) is 9.29. The third kappa shape index (κ3) is 11.0. The van der Waals surface area contributed by atoms with Gasteiger partial charge in [0.1, 0.15) is 11.5 Å². The van der Waals surface area contributed by atoms with Crippen LogP contribution in [0.1, 0.15) is 110 Å². The molecule has 6 nitrogen and oxygen atoms in total. The van der Waals surface area contributed by atoms with Gasteiger partial charge < -0.3 is 19.1 Å². The molecule has 242 valence electrons. The van der Waals surface area contributed by atoms with Gasteiger partial charge in [-0.15, -0.1) is 0 Å². The van der Waals surface area contributed by atoms with Gasteiger partial charge in [-0.05, 0) is 68.0 Å². The molecule has 0 fully saturated rings. The largest absolute Gasteiger partial charge is 0.496 e. The van der Waals surface area contributed by atoms with Gasteiger partial charge in [-0.25, -0.2) is 0 Å². The molecule has 0 aliphatic rings. The van der Waals surface area contributed by atoms with Crippen LogP contribution < -0.4 is 25.0 Å². The Labute approximate surface area is 266 Å². The second kappa shape index (κ2) is 19.9. The molecule has 0 aliphatic heterocycles. The van der Waals surface area contributed by atoms with Crippen LogP contribution in [0.4, 0.5) is 0 Å². The Kier molecular flexibility index (Phi) is 16.0. The van der Waals surface area contributed by atoms with Gasteiger partial charge in [0.15, 0.2) is 5.75 Å². The lowest BCUT2D eigenvalue weighted by atomic mass is 9.97. The Bertz CT molecular complexity index is 1210. The minimum Gasteiger partial charge on any atom is -0.496 e. The Morgan fingerprint density at radius 3 is 1.82 bits per heavy atom. The van der Waals surface area contributed by atoms with Crippen molar-refractivity contribution < 1.29 is 24.1 Å². The Morgan fingerprint density at radius 2 is 1.23 bits per heavy atom. The lowest BCUT2D eigenvalue weighted by molar-refractivity contribution is -0.212. The molecule has 44 heavy (non-hydrogen) atoms. The van der Waals surface area contributed by atoms with E-state index in [4.69, 9.17) is 25.0 Å². The Hall–Kier alpha value is -3.22. The molecular weight excluding hydrogens is 550 g/mol. The standard InChI is InChI=1S/C38H55NO5/c1-6-8-10-12-13-14-15-17-27-41-34-25-23-32(24-26-34)31-19-21-33(22-20-31)35-28-36(43-44-39)38(30(4)37(35)40-5)42-29(3)18-16-11-9-7-2/h19-26,28-29H,6-18,27,39H2,1-5H3. The van der Waals surface area contributed by atoms with E-state index in [1.807, 2.05) is 13.0 Å². The van der Waals surface area contributed by atoms with E-state index in [2.05, 4.69) is 74.3 Å². The molecule has 3 rings (SSSR count). The average molecular weight is 606 g/mol. The summed E-state index contributed by atoms with van der Waals surface area (Å²) in [4.78, 5) is 9.97. The van der Waals surface area contributed by atoms with Crippen molar-refractivity contribution in [2.75, 3.05) is 13.7 Å². The van der Waals surface area contributed by atoms with E-state index in [-0.39, 0.29) is 6.10 Å². The predicted octanol–water partition coefficient (Wildman–Crippen LogP) is 10.8.